The first-order valence-electron chi connectivity index (χ1n) is 8.06. The first kappa shape index (κ1) is 19.5. The molecule has 1 amide bonds. The van der Waals surface area contributed by atoms with E-state index in [1.54, 1.807) is 0 Å². The SMILES string of the molecule is CC(C)c1cccc(C(C)C)c1NC(=O)Cn1ncc(Cl)c(Cl)c1=O. The molecular formula is C18H21Cl2N3O2. The number of para-hydroxylation sites is 1. The molecule has 7 heteroatoms. The highest BCUT2D eigenvalue weighted by Crippen LogP contribution is 2.32. The van der Waals surface area contributed by atoms with Crippen molar-refractivity contribution in [2.24, 2.45) is 0 Å². The summed E-state index contributed by atoms with van der Waals surface area (Å²) in [5, 5.41) is 6.72. The summed E-state index contributed by atoms with van der Waals surface area (Å²) in [7, 11) is 0. The van der Waals surface area contributed by atoms with Crippen LogP contribution in [0.25, 0.3) is 0 Å². The average Bonchev–Trinajstić information content (AvgIpc) is 2.55. The molecule has 1 N–H and O–H groups in total. The normalized spacial score (nSPS) is 11.2. The average molecular weight is 382 g/mol. The molecule has 0 unspecified atom stereocenters. The largest absolute Gasteiger partial charge is 0.324 e. The number of nitrogens with zero attached hydrogens (tertiary/aromatic N) is 2. The second-order valence-electron chi connectivity index (χ2n) is 6.44. The molecular weight excluding hydrogens is 361 g/mol. The molecule has 0 atom stereocenters. The van der Waals surface area contributed by atoms with Crippen LogP contribution in [-0.4, -0.2) is 15.7 Å². The number of carbonyl (C=O) groups is 1. The number of hydrogen-bond acceptors (Lipinski definition) is 3. The van der Waals surface area contributed by atoms with Gasteiger partial charge in [-0.25, -0.2) is 4.68 Å². The zero-order valence-electron chi connectivity index (χ0n) is 14.6. The number of aromatic nitrogens is 2. The maximum absolute atomic E-state index is 12.5. The zero-order valence-corrected chi connectivity index (χ0v) is 16.1. The lowest BCUT2D eigenvalue weighted by Crippen LogP contribution is -2.30. The van der Waals surface area contributed by atoms with Crippen LogP contribution in [0.4, 0.5) is 5.69 Å². The molecule has 5 nitrogen and oxygen atoms in total. The number of anilines is 1. The number of rotatable bonds is 5. The lowest BCUT2D eigenvalue weighted by atomic mass is 9.92. The van der Waals surface area contributed by atoms with E-state index < -0.39 is 5.56 Å². The molecule has 134 valence electrons. The number of amides is 1. The van der Waals surface area contributed by atoms with E-state index in [-0.39, 0.29) is 34.3 Å². The molecule has 0 aliphatic carbocycles. The standard InChI is InChI=1S/C18H21Cl2N3O2/c1-10(2)12-6-5-7-13(11(3)4)17(12)22-15(24)9-23-18(25)16(20)14(19)8-21-23/h5-8,10-11H,9H2,1-4H3,(H,22,24). The van der Waals surface area contributed by atoms with Crippen molar-refractivity contribution < 1.29 is 4.79 Å². The van der Waals surface area contributed by atoms with Gasteiger partial charge in [0.15, 0.2) is 0 Å². The summed E-state index contributed by atoms with van der Waals surface area (Å²) in [5.74, 6) is 0.155. The van der Waals surface area contributed by atoms with Crippen molar-refractivity contribution in [1.29, 1.82) is 0 Å². The Morgan fingerprint density at radius 3 is 2.24 bits per heavy atom. The maximum atomic E-state index is 12.5. The Bertz CT molecular complexity index is 818. The van der Waals surface area contributed by atoms with Crippen molar-refractivity contribution in [3.8, 4) is 0 Å². The summed E-state index contributed by atoms with van der Waals surface area (Å²) in [6.07, 6.45) is 1.25. The summed E-state index contributed by atoms with van der Waals surface area (Å²) in [6, 6.07) is 5.98. The molecule has 1 aromatic heterocycles. The van der Waals surface area contributed by atoms with E-state index in [0.29, 0.717) is 0 Å². The topological polar surface area (TPSA) is 64.0 Å². The number of benzene rings is 1. The molecule has 1 aromatic carbocycles. The summed E-state index contributed by atoms with van der Waals surface area (Å²) < 4.78 is 0.997. The van der Waals surface area contributed by atoms with Crippen molar-refractivity contribution in [1.82, 2.24) is 9.78 Å². The number of hydrogen-bond donors (Lipinski definition) is 1. The van der Waals surface area contributed by atoms with Crippen molar-refractivity contribution in [2.45, 2.75) is 46.1 Å². The third kappa shape index (κ3) is 4.41. The number of halogens is 2. The molecule has 2 aromatic rings. The predicted octanol–water partition coefficient (Wildman–Crippen LogP) is 4.44. The van der Waals surface area contributed by atoms with Gasteiger partial charge in [-0.1, -0.05) is 69.1 Å². The smallest absolute Gasteiger partial charge is 0.287 e. The van der Waals surface area contributed by atoms with Gasteiger partial charge in [0, 0.05) is 5.69 Å². The summed E-state index contributed by atoms with van der Waals surface area (Å²) in [6.45, 7) is 8.04. The van der Waals surface area contributed by atoms with Gasteiger partial charge in [0.05, 0.1) is 11.2 Å². The van der Waals surface area contributed by atoms with E-state index in [2.05, 4.69) is 38.1 Å². The second-order valence-corrected chi connectivity index (χ2v) is 7.22. The minimum Gasteiger partial charge on any atom is -0.324 e. The summed E-state index contributed by atoms with van der Waals surface area (Å²) in [5.41, 5.74) is 2.30. The Morgan fingerprint density at radius 2 is 1.72 bits per heavy atom. The van der Waals surface area contributed by atoms with Gasteiger partial charge in [0.25, 0.3) is 5.56 Å². The van der Waals surface area contributed by atoms with Gasteiger partial charge in [-0.2, -0.15) is 5.10 Å². The molecule has 0 bridgehead atoms. The van der Waals surface area contributed by atoms with Gasteiger partial charge in [0.2, 0.25) is 5.91 Å². The molecule has 0 aliphatic heterocycles. The van der Waals surface area contributed by atoms with E-state index in [9.17, 15) is 9.59 Å². The van der Waals surface area contributed by atoms with Gasteiger partial charge in [-0.05, 0) is 23.0 Å². The Hall–Kier alpha value is -1.85. The lowest BCUT2D eigenvalue weighted by Gasteiger charge is -2.20. The molecule has 0 saturated heterocycles. The first-order valence-corrected chi connectivity index (χ1v) is 8.81. The van der Waals surface area contributed by atoms with Gasteiger partial charge < -0.3 is 5.32 Å². The van der Waals surface area contributed by atoms with Crippen LogP contribution >= 0.6 is 23.2 Å². The second kappa shape index (κ2) is 8.02. The molecule has 0 radical (unpaired) electrons. The highest BCUT2D eigenvalue weighted by molar-refractivity contribution is 6.41. The molecule has 1 heterocycles. The van der Waals surface area contributed by atoms with Crippen LogP contribution < -0.4 is 10.9 Å². The molecule has 0 fully saturated rings. The van der Waals surface area contributed by atoms with Crippen LogP contribution in [-0.2, 0) is 11.3 Å². The van der Waals surface area contributed by atoms with Crippen LogP contribution in [0.1, 0.15) is 50.7 Å². The summed E-state index contributed by atoms with van der Waals surface area (Å²) in [4.78, 5) is 24.5. The quantitative estimate of drug-likeness (QED) is 0.832. The van der Waals surface area contributed by atoms with Gasteiger partial charge >= 0.3 is 0 Å². The van der Waals surface area contributed by atoms with Crippen LogP contribution in [0.2, 0.25) is 10.0 Å². The van der Waals surface area contributed by atoms with Crippen molar-refractivity contribution >= 4 is 34.8 Å². The predicted molar refractivity (Wildman–Crippen MR) is 102 cm³/mol. The molecule has 25 heavy (non-hydrogen) atoms. The molecule has 2 rings (SSSR count). The minimum absolute atomic E-state index is 0.0653. The Labute approximate surface area is 157 Å². The van der Waals surface area contributed by atoms with Crippen LogP contribution in [0.3, 0.4) is 0 Å². The highest BCUT2D eigenvalue weighted by Gasteiger charge is 2.17. The van der Waals surface area contributed by atoms with Crippen LogP contribution in [0.15, 0.2) is 29.2 Å². The third-order valence-electron chi connectivity index (χ3n) is 3.87. The summed E-state index contributed by atoms with van der Waals surface area (Å²) >= 11 is 11.6. The fourth-order valence-corrected chi connectivity index (χ4v) is 2.84. The van der Waals surface area contributed by atoms with Crippen LogP contribution in [0, 0.1) is 0 Å². The zero-order chi connectivity index (χ0) is 18.7. The highest BCUT2D eigenvalue weighted by atomic mass is 35.5. The maximum Gasteiger partial charge on any atom is 0.287 e. The number of nitrogens with one attached hydrogen (secondary N) is 1. The van der Waals surface area contributed by atoms with Crippen LogP contribution in [0.5, 0.6) is 0 Å². The fraction of sp³-hybridized carbons (Fsp3) is 0.389. The van der Waals surface area contributed by atoms with E-state index in [1.165, 1.54) is 6.20 Å². The monoisotopic (exact) mass is 381 g/mol. The van der Waals surface area contributed by atoms with Crippen molar-refractivity contribution in [3.63, 3.8) is 0 Å². The molecule has 0 aliphatic rings. The Balaban J connectivity index is 2.32. The number of carbonyl (C=O) groups excluding carboxylic acids is 1. The molecule has 0 saturated carbocycles. The first-order chi connectivity index (χ1) is 11.7. The third-order valence-corrected chi connectivity index (χ3v) is 4.62. The van der Waals surface area contributed by atoms with Crippen molar-refractivity contribution in [2.75, 3.05) is 5.32 Å². The van der Waals surface area contributed by atoms with E-state index in [1.807, 2.05) is 18.2 Å². The minimum atomic E-state index is -0.592. The van der Waals surface area contributed by atoms with Crippen molar-refractivity contribution in [3.05, 3.63) is 55.9 Å². The van der Waals surface area contributed by atoms with Gasteiger partial charge in [-0.15, -0.1) is 0 Å². The van der Waals surface area contributed by atoms with Gasteiger partial charge in [-0.3, -0.25) is 9.59 Å². The van der Waals surface area contributed by atoms with E-state index in [0.717, 1.165) is 21.5 Å². The lowest BCUT2D eigenvalue weighted by molar-refractivity contribution is -0.117. The molecule has 0 spiro atoms. The fourth-order valence-electron chi connectivity index (χ4n) is 2.57. The Morgan fingerprint density at radius 1 is 1.16 bits per heavy atom. The van der Waals surface area contributed by atoms with E-state index >= 15 is 0 Å². The Kier molecular flexibility index (Phi) is 6.25. The van der Waals surface area contributed by atoms with E-state index in [4.69, 9.17) is 23.2 Å². The van der Waals surface area contributed by atoms with Gasteiger partial charge in [0.1, 0.15) is 11.6 Å².